The summed E-state index contributed by atoms with van der Waals surface area (Å²) >= 11 is 1.83. The Balaban J connectivity index is 1.96. The maximum absolute atomic E-state index is 4.91. The smallest absolute Gasteiger partial charge is 0.124 e. The molecule has 1 aliphatic carbocycles. The summed E-state index contributed by atoms with van der Waals surface area (Å²) in [5.41, 5.74) is 3.76. The quantitative estimate of drug-likeness (QED) is 0.906. The van der Waals surface area contributed by atoms with Gasteiger partial charge in [0.2, 0.25) is 0 Å². The molecule has 2 aromatic rings. The number of hydrogen-bond acceptors (Lipinski definition) is 4. The first-order valence-electron chi connectivity index (χ1n) is 6.91. The summed E-state index contributed by atoms with van der Waals surface area (Å²) < 4.78 is 0. The van der Waals surface area contributed by atoms with E-state index in [1.165, 1.54) is 34.5 Å². The molecule has 0 aliphatic heterocycles. The van der Waals surface area contributed by atoms with Gasteiger partial charge >= 0.3 is 0 Å². The Morgan fingerprint density at radius 2 is 2.26 bits per heavy atom. The van der Waals surface area contributed by atoms with E-state index in [4.69, 9.17) is 4.98 Å². The van der Waals surface area contributed by atoms with E-state index in [9.17, 15) is 0 Å². The van der Waals surface area contributed by atoms with Crippen molar-refractivity contribution >= 4 is 11.3 Å². The lowest BCUT2D eigenvalue weighted by Gasteiger charge is -2.00. The zero-order valence-corrected chi connectivity index (χ0v) is 12.3. The Kier molecular flexibility index (Phi) is 3.62. The number of pyridine rings is 1. The standard InChI is InChI=1S/C15H19N3S/c1-3-16-9-13-14(11-4-5-11)18-15(19-13)12-6-7-17-8-10(12)2/h6-8,11,16H,3-5,9H2,1-2H3. The molecule has 100 valence electrons. The molecule has 1 aliphatic rings. The van der Waals surface area contributed by atoms with Crippen LogP contribution in [0.2, 0.25) is 0 Å². The summed E-state index contributed by atoms with van der Waals surface area (Å²) in [7, 11) is 0. The van der Waals surface area contributed by atoms with Crippen molar-refractivity contribution in [3.05, 3.63) is 34.6 Å². The predicted octanol–water partition coefficient (Wildman–Crippen LogP) is 3.50. The van der Waals surface area contributed by atoms with Gasteiger partial charge in [-0.3, -0.25) is 4.98 Å². The van der Waals surface area contributed by atoms with Crippen LogP contribution < -0.4 is 5.32 Å². The molecule has 0 bridgehead atoms. The molecule has 3 nitrogen and oxygen atoms in total. The number of thiazole rings is 1. The highest BCUT2D eigenvalue weighted by Gasteiger charge is 2.29. The zero-order chi connectivity index (χ0) is 13.2. The first-order chi connectivity index (χ1) is 9.29. The normalized spacial score (nSPS) is 14.8. The van der Waals surface area contributed by atoms with Gasteiger partial charge in [-0.05, 0) is 37.9 Å². The highest BCUT2D eigenvalue weighted by Crippen LogP contribution is 2.44. The maximum atomic E-state index is 4.91. The van der Waals surface area contributed by atoms with Crippen molar-refractivity contribution in [2.45, 2.75) is 39.2 Å². The molecule has 1 fully saturated rings. The maximum Gasteiger partial charge on any atom is 0.124 e. The third-order valence-electron chi connectivity index (χ3n) is 3.48. The van der Waals surface area contributed by atoms with Crippen molar-refractivity contribution < 1.29 is 0 Å². The summed E-state index contributed by atoms with van der Waals surface area (Å²) in [6, 6.07) is 2.07. The lowest BCUT2D eigenvalue weighted by Crippen LogP contribution is -2.11. The molecule has 0 spiro atoms. The van der Waals surface area contributed by atoms with Crippen LogP contribution in [0.5, 0.6) is 0 Å². The van der Waals surface area contributed by atoms with Crippen LogP contribution in [0, 0.1) is 6.92 Å². The second-order valence-electron chi connectivity index (χ2n) is 5.07. The van der Waals surface area contributed by atoms with E-state index in [0.29, 0.717) is 5.92 Å². The van der Waals surface area contributed by atoms with Gasteiger partial charge in [-0.2, -0.15) is 0 Å². The number of hydrogen-bond donors (Lipinski definition) is 1. The van der Waals surface area contributed by atoms with Crippen LogP contribution in [-0.4, -0.2) is 16.5 Å². The minimum absolute atomic E-state index is 0.709. The first kappa shape index (κ1) is 12.8. The summed E-state index contributed by atoms with van der Waals surface area (Å²) in [6.45, 7) is 6.20. The summed E-state index contributed by atoms with van der Waals surface area (Å²) in [6.07, 6.45) is 6.37. The summed E-state index contributed by atoms with van der Waals surface area (Å²) in [4.78, 5) is 10.5. The third kappa shape index (κ3) is 2.69. The van der Waals surface area contributed by atoms with Crippen LogP contribution in [0.15, 0.2) is 18.5 Å². The zero-order valence-electron chi connectivity index (χ0n) is 11.4. The van der Waals surface area contributed by atoms with Crippen LogP contribution in [0.4, 0.5) is 0 Å². The van der Waals surface area contributed by atoms with Gasteiger partial charge in [0.1, 0.15) is 5.01 Å². The first-order valence-corrected chi connectivity index (χ1v) is 7.72. The molecule has 19 heavy (non-hydrogen) atoms. The van der Waals surface area contributed by atoms with Gasteiger partial charge in [-0.25, -0.2) is 4.98 Å². The fraction of sp³-hybridized carbons (Fsp3) is 0.467. The van der Waals surface area contributed by atoms with Crippen molar-refractivity contribution in [1.82, 2.24) is 15.3 Å². The predicted molar refractivity (Wildman–Crippen MR) is 79.4 cm³/mol. The van der Waals surface area contributed by atoms with Crippen molar-refractivity contribution in [2.75, 3.05) is 6.54 Å². The lowest BCUT2D eigenvalue weighted by atomic mass is 10.2. The molecule has 2 heterocycles. The molecule has 0 aromatic carbocycles. The molecule has 0 atom stereocenters. The fourth-order valence-corrected chi connectivity index (χ4v) is 3.44. The Bertz CT molecular complexity index is 573. The van der Waals surface area contributed by atoms with E-state index >= 15 is 0 Å². The highest BCUT2D eigenvalue weighted by molar-refractivity contribution is 7.15. The molecule has 0 amide bonds. The van der Waals surface area contributed by atoms with Gasteiger partial charge in [-0.15, -0.1) is 11.3 Å². The molecule has 0 saturated heterocycles. The van der Waals surface area contributed by atoms with E-state index < -0.39 is 0 Å². The van der Waals surface area contributed by atoms with Gasteiger partial charge < -0.3 is 5.32 Å². The molecular weight excluding hydrogens is 254 g/mol. The second kappa shape index (κ2) is 5.39. The second-order valence-corrected chi connectivity index (χ2v) is 6.16. The van der Waals surface area contributed by atoms with Crippen LogP contribution in [0.3, 0.4) is 0 Å². The monoisotopic (exact) mass is 273 g/mol. The van der Waals surface area contributed by atoms with E-state index in [0.717, 1.165) is 18.1 Å². The van der Waals surface area contributed by atoms with Gasteiger partial charge in [0.15, 0.2) is 0 Å². The topological polar surface area (TPSA) is 37.8 Å². The molecule has 1 N–H and O–H groups in total. The molecule has 0 unspecified atom stereocenters. The van der Waals surface area contributed by atoms with E-state index in [-0.39, 0.29) is 0 Å². The molecule has 1 saturated carbocycles. The number of rotatable bonds is 5. The molecule has 2 aromatic heterocycles. The molecule has 3 rings (SSSR count). The van der Waals surface area contributed by atoms with Gasteiger partial charge in [0.25, 0.3) is 0 Å². The van der Waals surface area contributed by atoms with Crippen LogP contribution in [-0.2, 0) is 6.54 Å². The summed E-state index contributed by atoms with van der Waals surface area (Å²) in [5, 5.41) is 4.57. The summed E-state index contributed by atoms with van der Waals surface area (Å²) in [5.74, 6) is 0.709. The molecule has 0 radical (unpaired) electrons. The molecule has 4 heteroatoms. The van der Waals surface area contributed by atoms with E-state index in [1.54, 1.807) is 0 Å². The van der Waals surface area contributed by atoms with Gasteiger partial charge in [0, 0.05) is 35.3 Å². The minimum Gasteiger partial charge on any atom is -0.312 e. The Morgan fingerprint density at radius 1 is 1.42 bits per heavy atom. The van der Waals surface area contributed by atoms with E-state index in [1.807, 2.05) is 23.7 Å². The van der Waals surface area contributed by atoms with Crippen LogP contribution in [0.25, 0.3) is 10.6 Å². The lowest BCUT2D eigenvalue weighted by molar-refractivity contribution is 0.727. The van der Waals surface area contributed by atoms with Gasteiger partial charge in [-0.1, -0.05) is 6.92 Å². The Morgan fingerprint density at radius 3 is 2.95 bits per heavy atom. The number of nitrogens with one attached hydrogen (secondary N) is 1. The third-order valence-corrected chi connectivity index (χ3v) is 4.58. The number of aryl methyl sites for hydroxylation is 1. The van der Waals surface area contributed by atoms with Gasteiger partial charge in [0.05, 0.1) is 5.69 Å². The Hall–Kier alpha value is -1.26. The average Bonchev–Trinajstić information content (AvgIpc) is 3.18. The fourth-order valence-electron chi connectivity index (χ4n) is 2.23. The largest absolute Gasteiger partial charge is 0.312 e. The highest BCUT2D eigenvalue weighted by atomic mass is 32.1. The Labute approximate surface area is 118 Å². The minimum atomic E-state index is 0.709. The van der Waals surface area contributed by atoms with Crippen molar-refractivity contribution in [1.29, 1.82) is 0 Å². The van der Waals surface area contributed by atoms with Crippen LogP contribution in [0.1, 0.15) is 41.8 Å². The number of aromatic nitrogens is 2. The van der Waals surface area contributed by atoms with Crippen LogP contribution >= 0.6 is 11.3 Å². The van der Waals surface area contributed by atoms with Crippen molar-refractivity contribution in [3.63, 3.8) is 0 Å². The average molecular weight is 273 g/mol. The number of nitrogens with zero attached hydrogens (tertiary/aromatic N) is 2. The molecular formula is C15H19N3S. The van der Waals surface area contributed by atoms with E-state index in [2.05, 4.69) is 30.2 Å². The van der Waals surface area contributed by atoms with Crippen molar-refractivity contribution in [3.8, 4) is 10.6 Å². The SMILES string of the molecule is CCNCc1sc(-c2ccncc2C)nc1C1CC1. The van der Waals surface area contributed by atoms with Crippen molar-refractivity contribution in [2.24, 2.45) is 0 Å².